The van der Waals surface area contributed by atoms with E-state index in [9.17, 15) is 4.39 Å². The van der Waals surface area contributed by atoms with Gasteiger partial charge in [0.15, 0.2) is 0 Å². The molecule has 1 fully saturated rings. The van der Waals surface area contributed by atoms with E-state index in [4.69, 9.17) is 0 Å². The van der Waals surface area contributed by atoms with Crippen molar-refractivity contribution in [2.75, 3.05) is 7.05 Å². The lowest BCUT2D eigenvalue weighted by Crippen LogP contribution is -2.60. The van der Waals surface area contributed by atoms with Crippen LogP contribution in [0, 0.1) is 17.2 Å². The summed E-state index contributed by atoms with van der Waals surface area (Å²) in [6.45, 7) is 6.82. The summed E-state index contributed by atoms with van der Waals surface area (Å²) in [4.78, 5) is 0. The van der Waals surface area contributed by atoms with Crippen LogP contribution in [0.15, 0.2) is 24.3 Å². The second-order valence-electron chi connectivity index (χ2n) is 5.48. The number of rotatable bonds is 2. The molecule has 16 heavy (non-hydrogen) atoms. The van der Waals surface area contributed by atoms with Crippen molar-refractivity contribution in [2.24, 2.45) is 11.3 Å². The summed E-state index contributed by atoms with van der Waals surface area (Å²) in [5.41, 5.74) is 1.50. The van der Waals surface area contributed by atoms with Gasteiger partial charge in [-0.2, -0.15) is 0 Å². The summed E-state index contributed by atoms with van der Waals surface area (Å²) in [5, 5.41) is 3.38. The van der Waals surface area contributed by atoms with Gasteiger partial charge in [-0.05, 0) is 42.0 Å². The molecule has 2 rings (SSSR count). The number of nitrogens with one attached hydrogen (secondary N) is 1. The number of halogens is 1. The molecule has 3 atom stereocenters. The summed E-state index contributed by atoms with van der Waals surface area (Å²) in [6.07, 6.45) is 0. The third kappa shape index (κ3) is 1.56. The minimum Gasteiger partial charge on any atom is -0.316 e. The van der Waals surface area contributed by atoms with E-state index in [0.717, 1.165) is 0 Å². The maximum Gasteiger partial charge on any atom is 0.123 e. The monoisotopic (exact) mass is 221 g/mol. The van der Waals surface area contributed by atoms with Gasteiger partial charge in [-0.25, -0.2) is 4.39 Å². The fourth-order valence-corrected chi connectivity index (χ4v) is 3.66. The Kier molecular flexibility index (Phi) is 2.79. The molecule has 1 N–H and O–H groups in total. The first-order chi connectivity index (χ1) is 7.48. The van der Waals surface area contributed by atoms with Gasteiger partial charge in [-0.1, -0.05) is 32.9 Å². The Morgan fingerprint density at radius 2 is 1.75 bits per heavy atom. The Balaban J connectivity index is 2.26. The molecule has 88 valence electrons. The minimum absolute atomic E-state index is 0.154. The normalized spacial score (nSPS) is 32.2. The second kappa shape index (κ2) is 3.85. The molecule has 1 aliphatic rings. The Hall–Kier alpha value is -0.890. The van der Waals surface area contributed by atoms with Crippen LogP contribution >= 0.6 is 0 Å². The maximum atomic E-state index is 12.9. The number of hydrogen-bond donors (Lipinski definition) is 1. The molecule has 1 nitrogen and oxygen atoms in total. The van der Waals surface area contributed by atoms with Crippen molar-refractivity contribution in [1.29, 1.82) is 0 Å². The predicted octanol–water partition coefficient (Wildman–Crippen LogP) is 3.17. The third-order valence-corrected chi connectivity index (χ3v) is 4.19. The largest absolute Gasteiger partial charge is 0.316 e. The molecule has 0 bridgehead atoms. The van der Waals surface area contributed by atoms with Gasteiger partial charge in [-0.3, -0.25) is 0 Å². The molecule has 0 amide bonds. The lowest BCUT2D eigenvalue weighted by Gasteiger charge is -2.58. The smallest absolute Gasteiger partial charge is 0.123 e. The molecular weight excluding hydrogens is 201 g/mol. The molecule has 1 aliphatic carbocycles. The summed E-state index contributed by atoms with van der Waals surface area (Å²) in [7, 11) is 2.02. The average Bonchev–Trinajstić information content (AvgIpc) is 2.21. The highest BCUT2D eigenvalue weighted by atomic mass is 19.1. The van der Waals surface area contributed by atoms with Gasteiger partial charge >= 0.3 is 0 Å². The van der Waals surface area contributed by atoms with Gasteiger partial charge in [0.05, 0.1) is 0 Å². The Labute approximate surface area is 97.1 Å². The molecule has 1 saturated carbocycles. The van der Waals surface area contributed by atoms with Gasteiger partial charge in [0, 0.05) is 6.04 Å². The van der Waals surface area contributed by atoms with Crippen LogP contribution < -0.4 is 5.32 Å². The third-order valence-electron chi connectivity index (χ3n) is 4.19. The van der Waals surface area contributed by atoms with Crippen LogP contribution in [-0.2, 0) is 0 Å². The van der Waals surface area contributed by atoms with E-state index in [2.05, 4.69) is 26.1 Å². The van der Waals surface area contributed by atoms with Crippen LogP contribution in [0.5, 0.6) is 0 Å². The van der Waals surface area contributed by atoms with Gasteiger partial charge < -0.3 is 5.32 Å². The van der Waals surface area contributed by atoms with Gasteiger partial charge in [0.25, 0.3) is 0 Å². The van der Waals surface area contributed by atoms with Crippen molar-refractivity contribution in [1.82, 2.24) is 5.32 Å². The Morgan fingerprint density at radius 3 is 2.19 bits per heavy atom. The molecule has 1 aromatic carbocycles. The topological polar surface area (TPSA) is 12.0 Å². The molecule has 3 unspecified atom stereocenters. The Bertz CT molecular complexity index is 369. The SMILES string of the molecule is CNC1C(C)C(c2ccc(F)cc2)C1(C)C. The first kappa shape index (κ1) is 11.6. The van der Waals surface area contributed by atoms with E-state index in [1.165, 1.54) is 5.56 Å². The zero-order valence-corrected chi connectivity index (χ0v) is 10.4. The molecule has 0 saturated heterocycles. The first-order valence-corrected chi connectivity index (χ1v) is 5.91. The highest BCUT2D eigenvalue weighted by Gasteiger charge is 2.53. The first-order valence-electron chi connectivity index (χ1n) is 5.91. The fourth-order valence-electron chi connectivity index (χ4n) is 3.66. The number of hydrogen-bond acceptors (Lipinski definition) is 1. The molecule has 0 aromatic heterocycles. The lowest BCUT2D eigenvalue weighted by atomic mass is 9.50. The van der Waals surface area contributed by atoms with Crippen molar-refractivity contribution >= 4 is 0 Å². The Morgan fingerprint density at radius 1 is 1.19 bits per heavy atom. The zero-order chi connectivity index (χ0) is 11.9. The summed E-state index contributed by atoms with van der Waals surface area (Å²) in [5.74, 6) is 0.967. The molecule has 2 heteroatoms. The van der Waals surface area contributed by atoms with E-state index in [1.807, 2.05) is 19.2 Å². The van der Waals surface area contributed by atoms with Crippen molar-refractivity contribution in [2.45, 2.75) is 32.7 Å². The van der Waals surface area contributed by atoms with E-state index in [1.54, 1.807) is 12.1 Å². The van der Waals surface area contributed by atoms with Crippen molar-refractivity contribution < 1.29 is 4.39 Å². The quantitative estimate of drug-likeness (QED) is 0.808. The van der Waals surface area contributed by atoms with Crippen LogP contribution in [0.1, 0.15) is 32.3 Å². The average molecular weight is 221 g/mol. The van der Waals surface area contributed by atoms with Crippen LogP contribution in [0.3, 0.4) is 0 Å². The molecule has 1 aromatic rings. The maximum absolute atomic E-state index is 12.9. The molecule has 0 spiro atoms. The summed E-state index contributed by atoms with van der Waals surface area (Å²) >= 11 is 0. The lowest BCUT2D eigenvalue weighted by molar-refractivity contribution is 0.00505. The molecule has 0 heterocycles. The van der Waals surface area contributed by atoms with Gasteiger partial charge in [0.1, 0.15) is 5.82 Å². The van der Waals surface area contributed by atoms with Crippen LogP contribution in [0.2, 0.25) is 0 Å². The van der Waals surface area contributed by atoms with Crippen molar-refractivity contribution in [3.63, 3.8) is 0 Å². The van der Waals surface area contributed by atoms with E-state index in [-0.39, 0.29) is 11.2 Å². The summed E-state index contributed by atoms with van der Waals surface area (Å²) < 4.78 is 12.9. The molecule has 0 radical (unpaired) electrons. The van der Waals surface area contributed by atoms with E-state index < -0.39 is 0 Å². The predicted molar refractivity (Wildman–Crippen MR) is 64.9 cm³/mol. The fraction of sp³-hybridized carbons (Fsp3) is 0.571. The van der Waals surface area contributed by atoms with Crippen LogP contribution in [-0.4, -0.2) is 13.1 Å². The highest BCUT2D eigenvalue weighted by molar-refractivity contribution is 5.29. The van der Waals surface area contributed by atoms with Gasteiger partial charge in [-0.15, -0.1) is 0 Å². The molecular formula is C14H20FN. The van der Waals surface area contributed by atoms with E-state index >= 15 is 0 Å². The van der Waals surface area contributed by atoms with Crippen molar-refractivity contribution in [3.8, 4) is 0 Å². The second-order valence-corrected chi connectivity index (χ2v) is 5.48. The van der Waals surface area contributed by atoms with E-state index in [0.29, 0.717) is 17.9 Å². The highest BCUT2D eigenvalue weighted by Crippen LogP contribution is 2.56. The summed E-state index contributed by atoms with van der Waals surface area (Å²) in [6, 6.07) is 7.51. The number of benzene rings is 1. The zero-order valence-electron chi connectivity index (χ0n) is 10.4. The van der Waals surface area contributed by atoms with Crippen LogP contribution in [0.25, 0.3) is 0 Å². The molecule has 0 aliphatic heterocycles. The standard InChI is InChI=1S/C14H20FN/c1-9-12(14(2,3)13(9)16-4)10-5-7-11(15)8-6-10/h5-9,12-13,16H,1-4H3. The minimum atomic E-state index is -0.154. The van der Waals surface area contributed by atoms with Gasteiger partial charge in [0.2, 0.25) is 0 Å². The van der Waals surface area contributed by atoms with Crippen LogP contribution in [0.4, 0.5) is 4.39 Å². The van der Waals surface area contributed by atoms with Crippen molar-refractivity contribution in [3.05, 3.63) is 35.6 Å².